The predicted molar refractivity (Wildman–Crippen MR) is 85.9 cm³/mol. The van der Waals surface area contributed by atoms with E-state index in [0.29, 0.717) is 6.42 Å². The van der Waals surface area contributed by atoms with Gasteiger partial charge in [-0.1, -0.05) is 40.0 Å². The normalized spacial score (nSPS) is 11.2. The van der Waals surface area contributed by atoms with Crippen molar-refractivity contribution in [2.45, 2.75) is 78.7 Å². The van der Waals surface area contributed by atoms with Crippen LogP contribution < -0.4 is 10.6 Å². The third-order valence-electron chi connectivity index (χ3n) is 3.00. The molecule has 120 valence electrons. The molecule has 1 atom stereocenters. The molecule has 1 unspecified atom stereocenters. The molecule has 0 rings (SSSR count). The first-order valence-corrected chi connectivity index (χ1v) is 8.06. The van der Waals surface area contributed by atoms with Crippen molar-refractivity contribution in [3.8, 4) is 0 Å². The average molecular weight is 286 g/mol. The van der Waals surface area contributed by atoms with Crippen LogP contribution in [0.4, 0.5) is 0 Å². The van der Waals surface area contributed by atoms with Crippen molar-refractivity contribution >= 4 is 11.7 Å². The van der Waals surface area contributed by atoms with Crippen LogP contribution >= 0.6 is 0 Å². The molecule has 0 aromatic rings. The molecule has 0 heterocycles. The van der Waals surface area contributed by atoms with Gasteiger partial charge in [-0.05, 0) is 39.8 Å². The molecule has 0 bridgehead atoms. The maximum atomic E-state index is 11.7. The average Bonchev–Trinajstić information content (AvgIpc) is 2.45. The van der Waals surface area contributed by atoms with E-state index in [0.717, 1.165) is 45.1 Å². The van der Waals surface area contributed by atoms with Gasteiger partial charge in [0.25, 0.3) is 0 Å². The Balaban J connectivity index is 0. The van der Waals surface area contributed by atoms with Gasteiger partial charge in [0.15, 0.2) is 5.78 Å². The highest BCUT2D eigenvalue weighted by Crippen LogP contribution is 2.04. The zero-order chi connectivity index (χ0) is 15.8. The molecule has 0 aliphatic heterocycles. The predicted octanol–water partition coefficient (Wildman–Crippen LogP) is 3.06. The fourth-order valence-corrected chi connectivity index (χ4v) is 1.82. The van der Waals surface area contributed by atoms with Gasteiger partial charge in [0.05, 0.1) is 6.04 Å². The van der Waals surface area contributed by atoms with Crippen LogP contribution in [0.15, 0.2) is 0 Å². The molecule has 0 aliphatic carbocycles. The molecule has 0 aliphatic rings. The molecular weight excluding hydrogens is 252 g/mol. The lowest BCUT2D eigenvalue weighted by Crippen LogP contribution is -2.39. The first-order chi connectivity index (χ1) is 9.61. The number of carbonyl (C=O) groups is 2. The summed E-state index contributed by atoms with van der Waals surface area (Å²) >= 11 is 0. The summed E-state index contributed by atoms with van der Waals surface area (Å²) in [6, 6.07) is -0.283. The second-order valence-electron chi connectivity index (χ2n) is 4.79. The largest absolute Gasteiger partial charge is 0.346 e. The van der Waals surface area contributed by atoms with E-state index in [9.17, 15) is 9.59 Å². The van der Waals surface area contributed by atoms with Gasteiger partial charge in [-0.15, -0.1) is 0 Å². The Kier molecular flexibility index (Phi) is 17.3. The van der Waals surface area contributed by atoms with Crippen LogP contribution in [0, 0.1) is 0 Å². The number of hydrogen-bond donors (Lipinski definition) is 2. The Morgan fingerprint density at radius 1 is 1.05 bits per heavy atom. The van der Waals surface area contributed by atoms with Gasteiger partial charge in [-0.3, -0.25) is 9.59 Å². The van der Waals surface area contributed by atoms with Crippen molar-refractivity contribution in [2.24, 2.45) is 0 Å². The summed E-state index contributed by atoms with van der Waals surface area (Å²) in [5.74, 6) is 0.0720. The van der Waals surface area contributed by atoms with E-state index >= 15 is 0 Å². The molecule has 0 fully saturated rings. The maximum absolute atomic E-state index is 11.7. The summed E-state index contributed by atoms with van der Waals surface area (Å²) in [5.41, 5.74) is 0. The first-order valence-electron chi connectivity index (χ1n) is 8.06. The Hall–Kier alpha value is -0.900. The lowest BCUT2D eigenvalue weighted by atomic mass is 10.1. The Morgan fingerprint density at radius 2 is 1.70 bits per heavy atom. The monoisotopic (exact) mass is 286 g/mol. The summed E-state index contributed by atoms with van der Waals surface area (Å²) in [7, 11) is 1.93. The van der Waals surface area contributed by atoms with Crippen molar-refractivity contribution < 1.29 is 9.59 Å². The number of carbonyl (C=O) groups excluding carboxylic acids is 2. The molecule has 4 heteroatoms. The molecule has 1 amide bonds. The number of unbranched alkanes of at least 4 members (excludes halogenated alkanes) is 3. The van der Waals surface area contributed by atoms with Crippen LogP contribution in [0.1, 0.15) is 72.6 Å². The number of hydrogen-bond acceptors (Lipinski definition) is 3. The number of amides is 1. The highest BCUT2D eigenvalue weighted by Gasteiger charge is 2.15. The number of Topliss-reactive ketones (excluding diaryl/α,β-unsaturated/α-hetero) is 1. The fourth-order valence-electron chi connectivity index (χ4n) is 1.82. The van der Waals surface area contributed by atoms with Gasteiger partial charge in [-0.2, -0.15) is 0 Å². The second-order valence-corrected chi connectivity index (χ2v) is 4.79. The minimum atomic E-state index is -0.283. The Labute approximate surface area is 125 Å². The van der Waals surface area contributed by atoms with E-state index < -0.39 is 0 Å². The third-order valence-corrected chi connectivity index (χ3v) is 3.00. The smallest absolute Gasteiger partial charge is 0.220 e. The van der Waals surface area contributed by atoms with Gasteiger partial charge in [0, 0.05) is 6.42 Å². The van der Waals surface area contributed by atoms with Crippen molar-refractivity contribution in [3.05, 3.63) is 0 Å². The van der Waals surface area contributed by atoms with Crippen molar-refractivity contribution in [1.82, 2.24) is 10.6 Å². The maximum Gasteiger partial charge on any atom is 0.220 e. The van der Waals surface area contributed by atoms with Gasteiger partial charge in [0.2, 0.25) is 5.91 Å². The SMILES string of the molecule is CC.CCCCC(NC(=O)CCCCCNC)C(C)=O. The van der Waals surface area contributed by atoms with Gasteiger partial charge in [0.1, 0.15) is 0 Å². The van der Waals surface area contributed by atoms with E-state index in [1.807, 2.05) is 20.9 Å². The lowest BCUT2D eigenvalue weighted by Gasteiger charge is -2.15. The number of ketones is 1. The first kappa shape index (κ1) is 21.4. The molecular formula is C16H34N2O2. The lowest BCUT2D eigenvalue weighted by molar-refractivity contribution is -0.127. The van der Waals surface area contributed by atoms with Crippen molar-refractivity contribution in [1.29, 1.82) is 0 Å². The van der Waals surface area contributed by atoms with E-state index in [4.69, 9.17) is 0 Å². The van der Waals surface area contributed by atoms with E-state index in [1.165, 1.54) is 0 Å². The van der Waals surface area contributed by atoms with Crippen molar-refractivity contribution in [2.75, 3.05) is 13.6 Å². The Morgan fingerprint density at radius 3 is 2.20 bits per heavy atom. The van der Waals surface area contributed by atoms with Crippen LogP contribution in [0.25, 0.3) is 0 Å². The molecule has 2 N–H and O–H groups in total. The van der Waals surface area contributed by atoms with Crippen molar-refractivity contribution in [3.63, 3.8) is 0 Å². The highest BCUT2D eigenvalue weighted by molar-refractivity contribution is 5.87. The molecule has 0 spiro atoms. The van der Waals surface area contributed by atoms with E-state index in [2.05, 4.69) is 17.6 Å². The van der Waals surface area contributed by atoms with Gasteiger partial charge < -0.3 is 10.6 Å². The van der Waals surface area contributed by atoms with Gasteiger partial charge in [-0.25, -0.2) is 0 Å². The summed E-state index contributed by atoms with van der Waals surface area (Å²) < 4.78 is 0. The quantitative estimate of drug-likeness (QED) is 0.574. The number of rotatable bonds is 11. The Bertz CT molecular complexity index is 243. The summed E-state index contributed by atoms with van der Waals surface area (Å²) in [6.45, 7) is 8.63. The molecule has 0 saturated heterocycles. The minimum absolute atomic E-state index is 0.00996. The zero-order valence-electron chi connectivity index (χ0n) is 14.1. The fraction of sp³-hybridized carbons (Fsp3) is 0.875. The minimum Gasteiger partial charge on any atom is -0.346 e. The van der Waals surface area contributed by atoms with Crippen LogP contribution in [-0.4, -0.2) is 31.3 Å². The van der Waals surface area contributed by atoms with Crippen LogP contribution in [0.2, 0.25) is 0 Å². The van der Waals surface area contributed by atoms with Crippen LogP contribution in [-0.2, 0) is 9.59 Å². The zero-order valence-corrected chi connectivity index (χ0v) is 14.1. The van der Waals surface area contributed by atoms with E-state index in [1.54, 1.807) is 6.92 Å². The molecule has 20 heavy (non-hydrogen) atoms. The molecule has 0 saturated carbocycles. The summed E-state index contributed by atoms with van der Waals surface area (Å²) in [4.78, 5) is 23.1. The summed E-state index contributed by atoms with van der Waals surface area (Å²) in [6.07, 6.45) is 6.35. The van der Waals surface area contributed by atoms with Gasteiger partial charge >= 0.3 is 0 Å². The highest BCUT2D eigenvalue weighted by atomic mass is 16.2. The summed E-state index contributed by atoms with van der Waals surface area (Å²) in [5, 5.41) is 5.92. The molecule has 0 radical (unpaired) electrons. The van der Waals surface area contributed by atoms with Crippen LogP contribution in [0.5, 0.6) is 0 Å². The van der Waals surface area contributed by atoms with Crippen LogP contribution in [0.3, 0.4) is 0 Å². The third kappa shape index (κ3) is 13.5. The second kappa shape index (κ2) is 16.2. The molecule has 0 aromatic carbocycles. The molecule has 0 aromatic heterocycles. The topological polar surface area (TPSA) is 58.2 Å². The molecule has 4 nitrogen and oxygen atoms in total. The number of nitrogens with one attached hydrogen (secondary N) is 2. The van der Waals surface area contributed by atoms with E-state index in [-0.39, 0.29) is 17.7 Å². The standard InChI is InChI=1S/C14H28N2O2.C2H6/c1-4-5-9-13(12(2)17)16-14(18)10-7-6-8-11-15-3;1-2/h13,15H,4-11H2,1-3H3,(H,16,18);1-2H3.